The highest BCUT2D eigenvalue weighted by molar-refractivity contribution is 5.13. The number of fused-ring (bicyclic) bond motifs is 2. The molecule has 0 aromatic carbocycles. The van der Waals surface area contributed by atoms with Crippen LogP contribution in [0.3, 0.4) is 0 Å². The molecule has 2 saturated carbocycles. The summed E-state index contributed by atoms with van der Waals surface area (Å²) < 4.78 is 0. The zero-order valence-corrected chi connectivity index (χ0v) is 12.8. The van der Waals surface area contributed by atoms with Crippen molar-refractivity contribution >= 4 is 0 Å². The highest BCUT2D eigenvalue weighted by Crippen LogP contribution is 2.65. The number of aliphatic hydroxyl groups is 1. The Morgan fingerprint density at radius 3 is 2.33 bits per heavy atom. The van der Waals surface area contributed by atoms with E-state index < -0.39 is 0 Å². The largest absolute Gasteiger partial charge is 0.395 e. The summed E-state index contributed by atoms with van der Waals surface area (Å²) in [5, 5.41) is 13.3. The van der Waals surface area contributed by atoms with Crippen LogP contribution in [0.15, 0.2) is 0 Å². The Labute approximate surface area is 113 Å². The van der Waals surface area contributed by atoms with Crippen LogP contribution >= 0.6 is 0 Å². The van der Waals surface area contributed by atoms with Gasteiger partial charge in [-0.25, -0.2) is 0 Å². The number of hydrogen-bond donors (Lipinski definition) is 2. The first kappa shape index (κ1) is 14.3. The third kappa shape index (κ3) is 2.12. The Kier molecular flexibility index (Phi) is 3.81. The second kappa shape index (κ2) is 4.79. The highest BCUT2D eigenvalue weighted by Gasteiger charge is 2.61. The van der Waals surface area contributed by atoms with Crippen LogP contribution in [-0.2, 0) is 0 Å². The van der Waals surface area contributed by atoms with E-state index >= 15 is 0 Å². The van der Waals surface area contributed by atoms with Crippen molar-refractivity contribution in [3.05, 3.63) is 0 Å². The van der Waals surface area contributed by atoms with Crippen molar-refractivity contribution in [3.63, 3.8) is 0 Å². The normalized spacial score (nSPS) is 39.5. The Balaban J connectivity index is 2.03. The molecule has 2 rings (SSSR count). The molecule has 0 aliphatic heterocycles. The second-order valence-corrected chi connectivity index (χ2v) is 7.84. The van der Waals surface area contributed by atoms with Crippen molar-refractivity contribution in [1.82, 2.24) is 5.32 Å². The summed E-state index contributed by atoms with van der Waals surface area (Å²) in [5.41, 5.74) is 0.880. The number of rotatable bonds is 5. The van der Waals surface area contributed by atoms with Gasteiger partial charge in [-0.3, -0.25) is 0 Å². The third-order valence-electron chi connectivity index (χ3n) is 6.21. The summed E-state index contributed by atoms with van der Waals surface area (Å²) in [5.74, 6) is 1.52. The summed E-state index contributed by atoms with van der Waals surface area (Å²) in [6.45, 7) is 12.1. The number of aliphatic hydroxyl groups excluding tert-OH is 1. The van der Waals surface area contributed by atoms with E-state index in [1.807, 2.05) is 0 Å². The van der Waals surface area contributed by atoms with Gasteiger partial charge in [0.2, 0.25) is 0 Å². The fourth-order valence-corrected chi connectivity index (χ4v) is 4.50. The van der Waals surface area contributed by atoms with Gasteiger partial charge < -0.3 is 10.4 Å². The zero-order valence-electron chi connectivity index (χ0n) is 12.8. The lowest BCUT2D eigenvalue weighted by atomic mass is 9.69. The maximum atomic E-state index is 9.56. The fourth-order valence-electron chi connectivity index (χ4n) is 4.50. The summed E-state index contributed by atoms with van der Waals surface area (Å²) in [6, 6.07) is 0.879. The van der Waals surface area contributed by atoms with Gasteiger partial charge in [-0.15, -0.1) is 0 Å². The minimum absolute atomic E-state index is 0.274. The molecule has 2 N–H and O–H groups in total. The quantitative estimate of drug-likeness (QED) is 0.788. The molecule has 4 unspecified atom stereocenters. The molecule has 2 fully saturated rings. The smallest absolute Gasteiger partial charge is 0.0584 e. The molecular formula is C16H31NO. The van der Waals surface area contributed by atoms with Gasteiger partial charge in [-0.2, -0.15) is 0 Å². The lowest BCUT2D eigenvalue weighted by Crippen LogP contribution is -2.50. The van der Waals surface area contributed by atoms with E-state index in [0.717, 1.165) is 12.3 Å². The van der Waals surface area contributed by atoms with E-state index in [0.29, 0.717) is 22.8 Å². The van der Waals surface area contributed by atoms with Gasteiger partial charge in [0.05, 0.1) is 6.61 Å². The van der Waals surface area contributed by atoms with Gasteiger partial charge in [-0.05, 0) is 48.3 Å². The van der Waals surface area contributed by atoms with E-state index in [1.54, 1.807) is 0 Å². The Bertz CT molecular complexity index is 299. The summed E-state index contributed by atoms with van der Waals surface area (Å²) in [4.78, 5) is 0. The third-order valence-corrected chi connectivity index (χ3v) is 6.21. The van der Waals surface area contributed by atoms with Crippen molar-refractivity contribution in [1.29, 1.82) is 0 Å². The van der Waals surface area contributed by atoms with Gasteiger partial charge in [-0.1, -0.05) is 34.6 Å². The van der Waals surface area contributed by atoms with Gasteiger partial charge in [0.25, 0.3) is 0 Å². The van der Waals surface area contributed by atoms with Gasteiger partial charge >= 0.3 is 0 Å². The monoisotopic (exact) mass is 253 g/mol. The van der Waals surface area contributed by atoms with Crippen LogP contribution in [0.2, 0.25) is 0 Å². The lowest BCUT2D eigenvalue weighted by molar-refractivity contribution is 0.103. The lowest BCUT2D eigenvalue weighted by Gasteiger charge is -2.41. The molecule has 0 amide bonds. The average molecular weight is 253 g/mol. The maximum Gasteiger partial charge on any atom is 0.0584 e. The van der Waals surface area contributed by atoms with Crippen LogP contribution in [0.1, 0.15) is 60.3 Å². The van der Waals surface area contributed by atoms with E-state index in [9.17, 15) is 5.11 Å². The van der Waals surface area contributed by atoms with Crippen LogP contribution in [-0.4, -0.2) is 23.8 Å². The fraction of sp³-hybridized carbons (Fsp3) is 1.00. The maximum absolute atomic E-state index is 9.56. The topological polar surface area (TPSA) is 32.3 Å². The Hall–Kier alpha value is -0.0800. The van der Waals surface area contributed by atoms with Gasteiger partial charge in [0, 0.05) is 12.1 Å². The van der Waals surface area contributed by atoms with E-state index in [2.05, 4.69) is 39.9 Å². The molecular weight excluding hydrogens is 222 g/mol. The molecule has 0 saturated heterocycles. The van der Waals surface area contributed by atoms with Crippen LogP contribution in [0.5, 0.6) is 0 Å². The molecule has 2 aliphatic carbocycles. The molecule has 0 heterocycles. The standard InChI is InChI=1S/C16H31NO/c1-11(2)8-13(10-18)17-14-9-12-6-7-16(14,5)15(12,3)4/h11-14,17-18H,6-10H2,1-5H3. The van der Waals surface area contributed by atoms with Crippen LogP contribution in [0.4, 0.5) is 0 Å². The zero-order chi connectivity index (χ0) is 13.6. The van der Waals surface area contributed by atoms with Crippen molar-refractivity contribution in [2.75, 3.05) is 6.61 Å². The van der Waals surface area contributed by atoms with Gasteiger partial charge in [0.1, 0.15) is 0 Å². The number of nitrogens with one attached hydrogen (secondary N) is 1. The van der Waals surface area contributed by atoms with Crippen molar-refractivity contribution in [2.45, 2.75) is 72.4 Å². The molecule has 2 nitrogen and oxygen atoms in total. The van der Waals surface area contributed by atoms with E-state index in [4.69, 9.17) is 0 Å². The average Bonchev–Trinajstić information content (AvgIpc) is 2.60. The van der Waals surface area contributed by atoms with Gasteiger partial charge in [0.15, 0.2) is 0 Å². The minimum atomic E-state index is 0.274. The first-order chi connectivity index (χ1) is 8.31. The van der Waals surface area contributed by atoms with Crippen molar-refractivity contribution in [3.8, 4) is 0 Å². The summed E-state index contributed by atoms with van der Waals surface area (Å²) in [6.07, 6.45) is 5.13. The SMILES string of the molecule is CC(C)CC(CO)NC1CC2CCC1(C)C2(C)C. The first-order valence-corrected chi connectivity index (χ1v) is 7.68. The summed E-state index contributed by atoms with van der Waals surface area (Å²) in [7, 11) is 0. The Morgan fingerprint density at radius 1 is 1.28 bits per heavy atom. The minimum Gasteiger partial charge on any atom is -0.395 e. The van der Waals surface area contributed by atoms with Crippen molar-refractivity contribution in [2.24, 2.45) is 22.7 Å². The Morgan fingerprint density at radius 2 is 1.94 bits per heavy atom. The predicted octanol–water partition coefficient (Wildman–Crippen LogP) is 3.20. The molecule has 0 spiro atoms. The molecule has 0 aromatic rings. The predicted molar refractivity (Wildman–Crippen MR) is 76.5 cm³/mol. The molecule has 106 valence electrons. The van der Waals surface area contributed by atoms with Crippen LogP contribution in [0, 0.1) is 22.7 Å². The highest BCUT2D eigenvalue weighted by atomic mass is 16.3. The van der Waals surface area contributed by atoms with E-state index in [-0.39, 0.29) is 12.6 Å². The van der Waals surface area contributed by atoms with Crippen LogP contribution in [0.25, 0.3) is 0 Å². The van der Waals surface area contributed by atoms with Crippen LogP contribution < -0.4 is 5.32 Å². The second-order valence-electron chi connectivity index (χ2n) is 7.84. The molecule has 0 aromatic heterocycles. The molecule has 2 heteroatoms. The van der Waals surface area contributed by atoms with E-state index in [1.165, 1.54) is 19.3 Å². The molecule has 0 radical (unpaired) electrons. The molecule has 2 aliphatic rings. The first-order valence-electron chi connectivity index (χ1n) is 7.68. The molecule has 2 bridgehead atoms. The van der Waals surface area contributed by atoms with Crippen molar-refractivity contribution < 1.29 is 5.11 Å². The summed E-state index contributed by atoms with van der Waals surface area (Å²) >= 11 is 0. The molecule has 18 heavy (non-hydrogen) atoms. The number of hydrogen-bond acceptors (Lipinski definition) is 2. The molecule has 4 atom stereocenters.